The summed E-state index contributed by atoms with van der Waals surface area (Å²) in [7, 11) is 4.93. The number of hydrogen-bond acceptors (Lipinski definition) is 4. The number of methoxy groups -OCH3 is 2. The minimum Gasteiger partial charge on any atom is -0.497 e. The molecule has 2 rings (SSSR count). The first-order chi connectivity index (χ1) is 12.6. The number of rotatable bonds is 7. The summed E-state index contributed by atoms with van der Waals surface area (Å²) in [6, 6.07) is 12.8. The van der Waals surface area contributed by atoms with Crippen LogP contribution >= 0.6 is 24.0 Å². The predicted molar refractivity (Wildman–Crippen MR) is 117 cm³/mol. The Balaban J connectivity index is 0.00000364. The largest absolute Gasteiger partial charge is 0.497 e. The summed E-state index contributed by atoms with van der Waals surface area (Å²) in [5.41, 5.74) is 7.71. The standard InChI is InChI=1S/C19H24N4O3.HI/c1-21-19(22-11-13-5-4-6-14(9-13)18(20)24)23-12-15-7-8-16(25-2)10-17(15)26-3;/h4-10H,11-12H2,1-3H3,(H2,20,24)(H2,21,22,23);1H. The molecule has 0 aliphatic carbocycles. The Bertz CT molecular complexity index is 796. The highest BCUT2D eigenvalue weighted by atomic mass is 127. The Hall–Kier alpha value is -2.49. The van der Waals surface area contributed by atoms with E-state index in [1.165, 1.54) is 0 Å². The maximum atomic E-state index is 11.3. The van der Waals surface area contributed by atoms with Gasteiger partial charge in [0.25, 0.3) is 0 Å². The highest BCUT2D eigenvalue weighted by Gasteiger charge is 2.07. The lowest BCUT2D eigenvalue weighted by atomic mass is 10.1. The van der Waals surface area contributed by atoms with E-state index >= 15 is 0 Å². The van der Waals surface area contributed by atoms with Gasteiger partial charge in [0.1, 0.15) is 11.5 Å². The van der Waals surface area contributed by atoms with E-state index in [9.17, 15) is 4.79 Å². The third-order valence-electron chi connectivity index (χ3n) is 3.84. The quantitative estimate of drug-likeness (QED) is 0.318. The van der Waals surface area contributed by atoms with Crippen LogP contribution in [-0.4, -0.2) is 33.1 Å². The summed E-state index contributed by atoms with van der Waals surface area (Å²) in [6.45, 7) is 1.05. The number of primary amides is 1. The van der Waals surface area contributed by atoms with Crippen molar-refractivity contribution in [2.24, 2.45) is 10.7 Å². The number of ether oxygens (including phenoxy) is 2. The zero-order valence-corrected chi connectivity index (χ0v) is 17.9. The van der Waals surface area contributed by atoms with Gasteiger partial charge in [0, 0.05) is 37.3 Å². The number of halogens is 1. The van der Waals surface area contributed by atoms with Crippen LogP contribution in [0.1, 0.15) is 21.5 Å². The van der Waals surface area contributed by atoms with Gasteiger partial charge in [-0.2, -0.15) is 0 Å². The van der Waals surface area contributed by atoms with Crippen molar-refractivity contribution in [1.29, 1.82) is 0 Å². The molecule has 0 aliphatic rings. The molecule has 2 aromatic rings. The van der Waals surface area contributed by atoms with E-state index in [-0.39, 0.29) is 24.0 Å². The second-order valence-electron chi connectivity index (χ2n) is 5.52. The van der Waals surface area contributed by atoms with Crippen LogP contribution in [-0.2, 0) is 13.1 Å². The molecular formula is C19H25IN4O3. The third kappa shape index (κ3) is 6.63. The monoisotopic (exact) mass is 484 g/mol. The van der Waals surface area contributed by atoms with Crippen LogP contribution in [0.3, 0.4) is 0 Å². The maximum Gasteiger partial charge on any atom is 0.248 e. The summed E-state index contributed by atoms with van der Waals surface area (Å²) in [5.74, 6) is 1.66. The normalized spacial score (nSPS) is 10.6. The van der Waals surface area contributed by atoms with Crippen LogP contribution in [0, 0.1) is 0 Å². The van der Waals surface area contributed by atoms with Gasteiger partial charge < -0.3 is 25.8 Å². The van der Waals surface area contributed by atoms with Gasteiger partial charge in [-0.15, -0.1) is 24.0 Å². The number of nitrogens with one attached hydrogen (secondary N) is 2. The molecule has 0 unspecified atom stereocenters. The third-order valence-corrected chi connectivity index (χ3v) is 3.84. The van der Waals surface area contributed by atoms with Gasteiger partial charge in [0.15, 0.2) is 5.96 Å². The van der Waals surface area contributed by atoms with Crippen molar-refractivity contribution in [3.05, 3.63) is 59.2 Å². The van der Waals surface area contributed by atoms with E-state index in [0.717, 1.165) is 22.6 Å². The molecule has 0 aliphatic heterocycles. The lowest BCUT2D eigenvalue weighted by molar-refractivity contribution is 0.1000. The van der Waals surface area contributed by atoms with Crippen molar-refractivity contribution in [2.45, 2.75) is 13.1 Å². The summed E-state index contributed by atoms with van der Waals surface area (Å²) >= 11 is 0. The number of carbonyl (C=O) groups excluding carboxylic acids is 1. The van der Waals surface area contributed by atoms with Crippen LogP contribution in [0.2, 0.25) is 0 Å². The highest BCUT2D eigenvalue weighted by Crippen LogP contribution is 2.24. The fourth-order valence-electron chi connectivity index (χ4n) is 2.42. The molecule has 1 amide bonds. The second-order valence-corrected chi connectivity index (χ2v) is 5.52. The second kappa shape index (κ2) is 11.3. The highest BCUT2D eigenvalue weighted by molar-refractivity contribution is 14.0. The lowest BCUT2D eigenvalue weighted by Crippen LogP contribution is -2.36. The van der Waals surface area contributed by atoms with Gasteiger partial charge in [0.05, 0.1) is 14.2 Å². The van der Waals surface area contributed by atoms with E-state index in [4.69, 9.17) is 15.2 Å². The van der Waals surface area contributed by atoms with Crippen LogP contribution in [0.25, 0.3) is 0 Å². The van der Waals surface area contributed by atoms with Gasteiger partial charge >= 0.3 is 0 Å². The van der Waals surface area contributed by atoms with Crippen molar-refractivity contribution in [3.8, 4) is 11.5 Å². The van der Waals surface area contributed by atoms with Crippen LogP contribution in [0.15, 0.2) is 47.5 Å². The van der Waals surface area contributed by atoms with Crippen molar-refractivity contribution in [3.63, 3.8) is 0 Å². The van der Waals surface area contributed by atoms with E-state index in [1.807, 2.05) is 24.3 Å². The first-order valence-corrected chi connectivity index (χ1v) is 8.11. The minimum atomic E-state index is -0.444. The van der Waals surface area contributed by atoms with E-state index in [1.54, 1.807) is 39.5 Å². The molecule has 27 heavy (non-hydrogen) atoms. The molecule has 0 bridgehead atoms. The van der Waals surface area contributed by atoms with Crippen molar-refractivity contribution in [1.82, 2.24) is 10.6 Å². The predicted octanol–water partition coefficient (Wildman–Crippen LogP) is 2.29. The molecule has 4 N–H and O–H groups in total. The molecule has 0 spiro atoms. The van der Waals surface area contributed by atoms with Crippen molar-refractivity contribution < 1.29 is 14.3 Å². The Morgan fingerprint density at radius 2 is 1.81 bits per heavy atom. The number of aliphatic imine (C=N–C) groups is 1. The SMILES string of the molecule is CN=C(NCc1cccc(C(N)=O)c1)NCc1ccc(OC)cc1OC.I. The number of nitrogens with two attached hydrogens (primary N) is 1. The molecule has 0 aromatic heterocycles. The minimum absolute atomic E-state index is 0. The first kappa shape index (κ1) is 22.6. The first-order valence-electron chi connectivity index (χ1n) is 8.11. The number of carbonyl (C=O) groups is 1. The van der Waals surface area contributed by atoms with Crippen molar-refractivity contribution in [2.75, 3.05) is 21.3 Å². The van der Waals surface area contributed by atoms with Gasteiger partial charge in [-0.05, 0) is 29.8 Å². The molecule has 0 saturated heterocycles. The summed E-state index contributed by atoms with van der Waals surface area (Å²) in [5, 5.41) is 6.44. The Morgan fingerprint density at radius 3 is 2.44 bits per heavy atom. The van der Waals surface area contributed by atoms with E-state index in [2.05, 4.69) is 15.6 Å². The van der Waals surface area contributed by atoms with Crippen LogP contribution in [0.5, 0.6) is 11.5 Å². The van der Waals surface area contributed by atoms with Crippen LogP contribution < -0.4 is 25.8 Å². The molecule has 0 heterocycles. The lowest BCUT2D eigenvalue weighted by Gasteiger charge is -2.14. The van der Waals surface area contributed by atoms with Gasteiger partial charge in [-0.1, -0.05) is 12.1 Å². The fraction of sp³-hybridized carbons (Fsp3) is 0.263. The molecule has 0 radical (unpaired) electrons. The van der Waals surface area contributed by atoms with E-state index in [0.29, 0.717) is 24.6 Å². The van der Waals surface area contributed by atoms with Gasteiger partial charge in [-0.3, -0.25) is 9.79 Å². The van der Waals surface area contributed by atoms with Crippen LogP contribution in [0.4, 0.5) is 0 Å². The number of guanidine groups is 1. The molecule has 2 aromatic carbocycles. The van der Waals surface area contributed by atoms with Gasteiger partial charge in [0.2, 0.25) is 5.91 Å². The zero-order chi connectivity index (χ0) is 18.9. The summed E-state index contributed by atoms with van der Waals surface area (Å²) < 4.78 is 10.6. The molecule has 0 atom stereocenters. The maximum absolute atomic E-state index is 11.3. The number of hydrogen-bond donors (Lipinski definition) is 3. The van der Waals surface area contributed by atoms with Crippen molar-refractivity contribution >= 4 is 35.8 Å². The molecule has 7 nitrogen and oxygen atoms in total. The smallest absolute Gasteiger partial charge is 0.248 e. The zero-order valence-electron chi connectivity index (χ0n) is 15.6. The summed E-state index contributed by atoms with van der Waals surface area (Å²) in [4.78, 5) is 15.5. The molecule has 0 saturated carbocycles. The topological polar surface area (TPSA) is 98.0 Å². The molecular weight excluding hydrogens is 459 g/mol. The molecule has 8 heteroatoms. The van der Waals surface area contributed by atoms with E-state index < -0.39 is 5.91 Å². The Kier molecular flexibility index (Phi) is 9.41. The Labute approximate surface area is 176 Å². The molecule has 146 valence electrons. The average molecular weight is 484 g/mol. The summed E-state index contributed by atoms with van der Waals surface area (Å²) in [6.07, 6.45) is 0. The van der Waals surface area contributed by atoms with Gasteiger partial charge in [-0.25, -0.2) is 0 Å². The Morgan fingerprint density at radius 1 is 1.07 bits per heavy atom. The average Bonchev–Trinajstić information content (AvgIpc) is 2.68. The fourth-order valence-corrected chi connectivity index (χ4v) is 2.42. The number of nitrogens with zero attached hydrogens (tertiary/aromatic N) is 1. The molecule has 0 fully saturated rings. The number of benzene rings is 2. The number of amides is 1.